The average molecular weight is 270 g/mol. The van der Waals surface area contributed by atoms with Gasteiger partial charge in [-0.3, -0.25) is 0 Å². The summed E-state index contributed by atoms with van der Waals surface area (Å²) in [5.41, 5.74) is 1.14. The van der Waals surface area contributed by atoms with Crippen molar-refractivity contribution in [3.8, 4) is 0 Å². The van der Waals surface area contributed by atoms with Crippen molar-refractivity contribution in [1.82, 2.24) is 0 Å². The maximum absolute atomic E-state index is 6.57. The van der Waals surface area contributed by atoms with Gasteiger partial charge in [-0.05, 0) is 30.7 Å². The van der Waals surface area contributed by atoms with Crippen LogP contribution >= 0.6 is 28.4 Å². The molecule has 0 saturated carbocycles. The number of rotatable bonds is 2. The molecular formula is C13H12Cl2P+. The van der Waals surface area contributed by atoms with Gasteiger partial charge in [0, 0.05) is 0 Å². The third-order valence-corrected chi connectivity index (χ3v) is 6.82. The summed E-state index contributed by atoms with van der Waals surface area (Å²) in [7, 11) is 0. The van der Waals surface area contributed by atoms with Crippen LogP contribution in [0.25, 0.3) is 0 Å². The third kappa shape index (κ3) is 2.25. The summed E-state index contributed by atoms with van der Waals surface area (Å²) in [5.74, 6) is -2.24. The molecule has 0 saturated heterocycles. The van der Waals surface area contributed by atoms with E-state index in [4.69, 9.17) is 22.5 Å². The van der Waals surface area contributed by atoms with Crippen LogP contribution in [0.3, 0.4) is 0 Å². The summed E-state index contributed by atoms with van der Waals surface area (Å²) >= 11 is 13.1. The van der Waals surface area contributed by atoms with Gasteiger partial charge in [-0.2, -0.15) is 0 Å². The molecule has 0 atom stereocenters. The van der Waals surface area contributed by atoms with E-state index in [9.17, 15) is 0 Å². The molecule has 2 rings (SSSR count). The molecule has 2 aromatic carbocycles. The maximum Gasteiger partial charge on any atom is 0.275 e. The molecule has 0 heterocycles. The van der Waals surface area contributed by atoms with E-state index in [1.165, 1.54) is 0 Å². The number of aryl methyl sites for hydroxylation is 1. The van der Waals surface area contributed by atoms with Gasteiger partial charge in [-0.1, -0.05) is 36.4 Å². The Bertz CT molecular complexity index is 480. The van der Waals surface area contributed by atoms with E-state index in [-0.39, 0.29) is 0 Å². The smallest absolute Gasteiger partial charge is 0.0620 e. The lowest BCUT2D eigenvalue weighted by molar-refractivity contribution is 1.52. The fourth-order valence-electron chi connectivity index (χ4n) is 1.63. The van der Waals surface area contributed by atoms with E-state index >= 15 is 0 Å². The molecule has 0 bridgehead atoms. The molecule has 0 radical (unpaired) electrons. The second-order valence-electron chi connectivity index (χ2n) is 3.64. The second-order valence-corrected chi connectivity index (χ2v) is 9.22. The standard InChI is InChI=1S/C13H12Cl2P/c1-11-7-5-6-10-13(11)16(14,15)12-8-3-2-4-9-12/h2-10H,1H3/q+1. The largest absolute Gasteiger partial charge is 0.275 e. The van der Waals surface area contributed by atoms with E-state index in [0.717, 1.165) is 16.2 Å². The van der Waals surface area contributed by atoms with Crippen LogP contribution in [0.4, 0.5) is 0 Å². The fraction of sp³-hybridized carbons (Fsp3) is 0.0769. The summed E-state index contributed by atoms with van der Waals surface area (Å²) in [6.45, 7) is 2.04. The minimum Gasteiger partial charge on any atom is -0.0620 e. The van der Waals surface area contributed by atoms with Crippen molar-refractivity contribution in [2.75, 3.05) is 0 Å². The highest BCUT2D eigenvalue weighted by molar-refractivity contribution is 8.26. The van der Waals surface area contributed by atoms with Crippen LogP contribution in [0, 0.1) is 6.92 Å². The molecule has 0 unspecified atom stereocenters. The van der Waals surface area contributed by atoms with E-state index in [1.807, 2.05) is 61.5 Å². The zero-order valence-corrected chi connectivity index (χ0v) is 11.3. The molecule has 0 amide bonds. The predicted octanol–water partition coefficient (Wildman–Crippen LogP) is 4.27. The summed E-state index contributed by atoms with van der Waals surface area (Å²) in [6, 6.07) is 17.9. The molecule has 0 N–H and O–H groups in total. The van der Waals surface area contributed by atoms with Crippen LogP contribution in [0.15, 0.2) is 54.6 Å². The SMILES string of the molecule is Cc1ccccc1[P+](Cl)(Cl)c1ccccc1. The van der Waals surface area contributed by atoms with E-state index in [1.54, 1.807) is 0 Å². The van der Waals surface area contributed by atoms with Crippen LogP contribution in [0.1, 0.15) is 5.56 Å². The van der Waals surface area contributed by atoms with Crippen molar-refractivity contribution in [3.05, 3.63) is 60.2 Å². The van der Waals surface area contributed by atoms with Gasteiger partial charge < -0.3 is 0 Å². The number of hydrogen-bond acceptors (Lipinski definition) is 0. The molecule has 0 fully saturated rings. The van der Waals surface area contributed by atoms with Crippen molar-refractivity contribution in [2.24, 2.45) is 0 Å². The van der Waals surface area contributed by atoms with Gasteiger partial charge in [0.2, 0.25) is 0 Å². The van der Waals surface area contributed by atoms with Crippen LogP contribution < -0.4 is 10.6 Å². The first-order chi connectivity index (χ1) is 7.62. The normalized spacial score (nSPS) is 11.4. The average Bonchev–Trinajstić information content (AvgIpc) is 2.30. The molecule has 0 nitrogen and oxygen atoms in total. The summed E-state index contributed by atoms with van der Waals surface area (Å²) < 4.78 is 0. The van der Waals surface area contributed by atoms with Gasteiger partial charge in [-0.25, -0.2) is 0 Å². The monoisotopic (exact) mass is 269 g/mol. The van der Waals surface area contributed by atoms with E-state index in [2.05, 4.69) is 0 Å². The molecule has 0 aliphatic carbocycles. The van der Waals surface area contributed by atoms with E-state index in [0.29, 0.717) is 0 Å². The van der Waals surface area contributed by atoms with Crippen LogP contribution in [-0.4, -0.2) is 0 Å². The predicted molar refractivity (Wildman–Crippen MR) is 75.5 cm³/mol. The number of benzene rings is 2. The Morgan fingerprint density at radius 1 is 0.812 bits per heavy atom. The zero-order chi connectivity index (χ0) is 11.6. The van der Waals surface area contributed by atoms with Crippen molar-refractivity contribution in [3.63, 3.8) is 0 Å². The summed E-state index contributed by atoms with van der Waals surface area (Å²) in [4.78, 5) is 0. The van der Waals surface area contributed by atoms with Crippen molar-refractivity contribution in [2.45, 2.75) is 6.92 Å². The summed E-state index contributed by atoms with van der Waals surface area (Å²) in [6.07, 6.45) is 0. The number of halogens is 2. The molecule has 82 valence electrons. The minimum atomic E-state index is -2.24. The first-order valence-corrected chi connectivity index (χ1v) is 8.62. The molecule has 0 aliphatic rings. The Kier molecular flexibility index (Phi) is 3.54. The molecule has 3 heteroatoms. The molecule has 0 aliphatic heterocycles. The van der Waals surface area contributed by atoms with Crippen molar-refractivity contribution < 1.29 is 0 Å². The first-order valence-electron chi connectivity index (χ1n) is 5.02. The molecule has 2 aromatic rings. The van der Waals surface area contributed by atoms with Gasteiger partial charge >= 0.3 is 0 Å². The van der Waals surface area contributed by atoms with Gasteiger partial charge in [0.1, 0.15) is 33.1 Å². The van der Waals surface area contributed by atoms with E-state index < -0.39 is 5.97 Å². The number of hydrogen-bond donors (Lipinski definition) is 0. The quantitative estimate of drug-likeness (QED) is 0.715. The topological polar surface area (TPSA) is 0 Å². The molecule has 0 aromatic heterocycles. The van der Waals surface area contributed by atoms with Gasteiger partial charge in [0.05, 0.1) is 0 Å². The Hall–Kier alpha value is -0.550. The van der Waals surface area contributed by atoms with Crippen molar-refractivity contribution in [1.29, 1.82) is 0 Å². The van der Waals surface area contributed by atoms with Crippen molar-refractivity contribution >= 4 is 39.1 Å². The highest BCUT2D eigenvalue weighted by Gasteiger charge is 2.41. The molecular weight excluding hydrogens is 258 g/mol. The van der Waals surface area contributed by atoms with Crippen LogP contribution in [0.2, 0.25) is 0 Å². The van der Waals surface area contributed by atoms with Gasteiger partial charge in [-0.15, -0.1) is 0 Å². The highest BCUT2D eigenvalue weighted by atomic mass is 35.9. The molecule has 16 heavy (non-hydrogen) atoms. The van der Waals surface area contributed by atoms with Crippen LogP contribution in [0.5, 0.6) is 0 Å². The second kappa shape index (κ2) is 4.75. The summed E-state index contributed by atoms with van der Waals surface area (Å²) in [5, 5.41) is 2.05. The minimum absolute atomic E-state index is 1.01. The van der Waals surface area contributed by atoms with Gasteiger partial charge in [0.25, 0.3) is 5.97 Å². The Balaban J connectivity index is 2.51. The molecule has 0 spiro atoms. The lowest BCUT2D eigenvalue weighted by Gasteiger charge is -2.11. The van der Waals surface area contributed by atoms with Gasteiger partial charge in [0.15, 0.2) is 0 Å². The van der Waals surface area contributed by atoms with Crippen LogP contribution in [-0.2, 0) is 0 Å². The third-order valence-electron chi connectivity index (χ3n) is 2.50. The Morgan fingerprint density at radius 3 is 2.00 bits per heavy atom. The maximum atomic E-state index is 6.57. The Labute approximate surface area is 106 Å². The lowest BCUT2D eigenvalue weighted by atomic mass is 10.2. The highest BCUT2D eigenvalue weighted by Crippen LogP contribution is 2.66. The Morgan fingerprint density at radius 2 is 1.38 bits per heavy atom. The first kappa shape index (κ1) is 11.9. The lowest BCUT2D eigenvalue weighted by Crippen LogP contribution is -2.16. The fourth-order valence-corrected chi connectivity index (χ4v) is 5.06. The zero-order valence-electron chi connectivity index (χ0n) is 8.90.